The Kier molecular flexibility index (Phi) is 6.41. The van der Waals surface area contributed by atoms with Crippen LogP contribution in [0.4, 0.5) is 5.69 Å². The number of aryl methyl sites for hydroxylation is 1. The Labute approximate surface area is 119 Å². The van der Waals surface area contributed by atoms with Crippen molar-refractivity contribution in [3.05, 3.63) is 36.4 Å². The Morgan fingerprint density at radius 1 is 1.47 bits per heavy atom. The molecule has 0 atom stereocenters. The molecule has 0 unspecified atom stereocenters. The smallest absolute Gasteiger partial charge is 0.240 e. The van der Waals surface area contributed by atoms with Crippen LogP contribution in [0.5, 0.6) is 0 Å². The Bertz CT molecular complexity index is 527. The molecule has 3 N–H and O–H groups in total. The highest BCUT2D eigenvalue weighted by molar-refractivity contribution is 7.99. The molecule has 0 spiro atoms. The zero-order chi connectivity index (χ0) is 14.3. The van der Waals surface area contributed by atoms with E-state index in [0.29, 0.717) is 18.0 Å². The lowest BCUT2D eigenvalue weighted by atomic mass is 10.1. The van der Waals surface area contributed by atoms with Crippen LogP contribution in [0.25, 0.3) is 0 Å². The molecule has 0 radical (unpaired) electrons. The normalized spacial score (nSPS) is 11.4. The molecule has 0 aromatic heterocycles. The summed E-state index contributed by atoms with van der Waals surface area (Å²) in [5.41, 5.74) is 7.29. The monoisotopic (exact) mass is 300 g/mol. The first-order chi connectivity index (χ1) is 9.01. The van der Waals surface area contributed by atoms with E-state index in [-0.39, 0.29) is 4.90 Å². The Morgan fingerprint density at radius 2 is 2.21 bits per heavy atom. The van der Waals surface area contributed by atoms with Gasteiger partial charge in [0.1, 0.15) is 0 Å². The lowest BCUT2D eigenvalue weighted by Gasteiger charge is -2.09. The van der Waals surface area contributed by atoms with Gasteiger partial charge in [-0.25, -0.2) is 13.1 Å². The van der Waals surface area contributed by atoms with Gasteiger partial charge in [-0.1, -0.05) is 19.1 Å². The number of hydrogen-bond acceptors (Lipinski definition) is 4. The molecule has 0 aliphatic carbocycles. The second kappa shape index (κ2) is 7.57. The van der Waals surface area contributed by atoms with Crippen LogP contribution in [-0.2, 0) is 16.4 Å². The number of nitrogens with one attached hydrogen (secondary N) is 1. The minimum absolute atomic E-state index is 0.218. The van der Waals surface area contributed by atoms with Crippen molar-refractivity contribution in [1.82, 2.24) is 4.72 Å². The van der Waals surface area contributed by atoms with Crippen LogP contribution in [0.2, 0.25) is 0 Å². The van der Waals surface area contributed by atoms with E-state index in [4.69, 9.17) is 5.73 Å². The standard InChI is InChI=1S/C13H20N2O2S2/c1-3-8-18-9-7-15-19(16,17)12-6-5-11(4-2)13(14)10-12/h3,5-6,10,15H,1,4,7-9,14H2,2H3. The van der Waals surface area contributed by atoms with Crippen LogP contribution in [0.1, 0.15) is 12.5 Å². The zero-order valence-corrected chi connectivity index (χ0v) is 12.7. The molecule has 0 amide bonds. The van der Waals surface area contributed by atoms with Crippen molar-refractivity contribution in [2.45, 2.75) is 18.2 Å². The van der Waals surface area contributed by atoms with E-state index in [1.807, 2.05) is 6.92 Å². The number of hydrogen-bond donors (Lipinski definition) is 2. The first kappa shape index (κ1) is 16.1. The van der Waals surface area contributed by atoms with Crippen LogP contribution >= 0.6 is 11.8 Å². The number of rotatable bonds is 8. The van der Waals surface area contributed by atoms with Gasteiger partial charge in [0, 0.05) is 23.7 Å². The molecular weight excluding hydrogens is 280 g/mol. The summed E-state index contributed by atoms with van der Waals surface area (Å²) in [7, 11) is -3.46. The average Bonchev–Trinajstić information content (AvgIpc) is 2.38. The van der Waals surface area contributed by atoms with Gasteiger partial charge in [-0.2, -0.15) is 11.8 Å². The summed E-state index contributed by atoms with van der Waals surface area (Å²) in [6, 6.07) is 4.86. The van der Waals surface area contributed by atoms with Crippen molar-refractivity contribution in [3.63, 3.8) is 0 Å². The maximum absolute atomic E-state index is 12.0. The molecular formula is C13H20N2O2S2. The van der Waals surface area contributed by atoms with Gasteiger partial charge in [-0.3, -0.25) is 0 Å². The number of nitrogens with two attached hydrogens (primary N) is 1. The highest BCUT2D eigenvalue weighted by Gasteiger charge is 2.14. The fraction of sp³-hybridized carbons (Fsp3) is 0.385. The number of sulfonamides is 1. The topological polar surface area (TPSA) is 72.2 Å². The molecule has 0 heterocycles. The van der Waals surface area contributed by atoms with E-state index < -0.39 is 10.0 Å². The van der Waals surface area contributed by atoms with E-state index >= 15 is 0 Å². The number of anilines is 1. The van der Waals surface area contributed by atoms with Gasteiger partial charge in [0.05, 0.1) is 4.90 Å². The van der Waals surface area contributed by atoms with Gasteiger partial charge >= 0.3 is 0 Å². The van der Waals surface area contributed by atoms with Crippen molar-refractivity contribution in [2.75, 3.05) is 23.8 Å². The van der Waals surface area contributed by atoms with Crippen LogP contribution in [0.15, 0.2) is 35.7 Å². The summed E-state index contributed by atoms with van der Waals surface area (Å²) in [6.45, 7) is 5.99. The van der Waals surface area contributed by atoms with Crippen molar-refractivity contribution in [2.24, 2.45) is 0 Å². The molecule has 0 aliphatic heterocycles. The molecule has 1 rings (SSSR count). The van der Waals surface area contributed by atoms with Crippen molar-refractivity contribution < 1.29 is 8.42 Å². The molecule has 0 bridgehead atoms. The van der Waals surface area contributed by atoms with Crippen molar-refractivity contribution >= 4 is 27.5 Å². The zero-order valence-electron chi connectivity index (χ0n) is 11.1. The predicted molar refractivity (Wildman–Crippen MR) is 82.9 cm³/mol. The number of thioether (sulfide) groups is 1. The summed E-state index contributed by atoms with van der Waals surface area (Å²) < 4.78 is 26.6. The molecule has 1 aromatic rings. The molecule has 4 nitrogen and oxygen atoms in total. The first-order valence-corrected chi connectivity index (χ1v) is 8.71. The van der Waals surface area contributed by atoms with Gasteiger partial charge in [0.15, 0.2) is 0 Å². The second-order valence-corrected chi connectivity index (χ2v) is 6.89. The van der Waals surface area contributed by atoms with E-state index in [0.717, 1.165) is 17.7 Å². The SMILES string of the molecule is C=CCSCCNS(=O)(=O)c1ccc(CC)c(N)c1. The lowest BCUT2D eigenvalue weighted by Crippen LogP contribution is -2.26. The Morgan fingerprint density at radius 3 is 2.79 bits per heavy atom. The molecule has 106 valence electrons. The third kappa shape index (κ3) is 4.89. The summed E-state index contributed by atoms with van der Waals surface area (Å²) in [6.07, 6.45) is 2.58. The third-order valence-corrected chi connectivity index (χ3v) is 5.01. The summed E-state index contributed by atoms with van der Waals surface area (Å²) in [4.78, 5) is 0.218. The van der Waals surface area contributed by atoms with E-state index in [1.54, 1.807) is 30.0 Å². The predicted octanol–water partition coefficient (Wildman–Crippen LogP) is 2.03. The summed E-state index contributed by atoms with van der Waals surface area (Å²) >= 11 is 1.63. The van der Waals surface area contributed by atoms with Crippen LogP contribution in [-0.4, -0.2) is 26.5 Å². The molecule has 19 heavy (non-hydrogen) atoms. The first-order valence-electron chi connectivity index (χ1n) is 6.08. The maximum Gasteiger partial charge on any atom is 0.240 e. The maximum atomic E-state index is 12.0. The Balaban J connectivity index is 2.66. The quantitative estimate of drug-likeness (QED) is 0.438. The minimum atomic E-state index is -3.46. The molecule has 6 heteroatoms. The number of benzene rings is 1. The largest absolute Gasteiger partial charge is 0.398 e. The van der Waals surface area contributed by atoms with Crippen molar-refractivity contribution in [1.29, 1.82) is 0 Å². The summed E-state index contributed by atoms with van der Waals surface area (Å²) in [5, 5.41) is 0. The van der Waals surface area contributed by atoms with E-state index in [2.05, 4.69) is 11.3 Å². The van der Waals surface area contributed by atoms with Crippen LogP contribution < -0.4 is 10.5 Å². The van der Waals surface area contributed by atoms with E-state index in [1.165, 1.54) is 6.07 Å². The fourth-order valence-corrected chi connectivity index (χ4v) is 3.34. The minimum Gasteiger partial charge on any atom is -0.398 e. The molecule has 0 saturated heterocycles. The Hall–Kier alpha value is -0.980. The second-order valence-electron chi connectivity index (χ2n) is 3.98. The highest BCUT2D eigenvalue weighted by atomic mass is 32.2. The van der Waals surface area contributed by atoms with Gasteiger partial charge in [0.2, 0.25) is 10.0 Å². The molecule has 1 aromatic carbocycles. The molecule has 0 fully saturated rings. The van der Waals surface area contributed by atoms with Crippen LogP contribution in [0, 0.1) is 0 Å². The van der Waals surface area contributed by atoms with Gasteiger partial charge < -0.3 is 5.73 Å². The summed E-state index contributed by atoms with van der Waals surface area (Å²) in [5.74, 6) is 1.54. The molecule has 0 saturated carbocycles. The van der Waals surface area contributed by atoms with Crippen LogP contribution in [0.3, 0.4) is 0 Å². The number of nitrogen functional groups attached to an aromatic ring is 1. The third-order valence-electron chi connectivity index (χ3n) is 2.58. The van der Waals surface area contributed by atoms with Gasteiger partial charge in [0.25, 0.3) is 0 Å². The van der Waals surface area contributed by atoms with Crippen molar-refractivity contribution in [3.8, 4) is 0 Å². The average molecular weight is 300 g/mol. The van der Waals surface area contributed by atoms with E-state index in [9.17, 15) is 8.42 Å². The highest BCUT2D eigenvalue weighted by Crippen LogP contribution is 2.18. The lowest BCUT2D eigenvalue weighted by molar-refractivity contribution is 0.584. The van der Waals surface area contributed by atoms with Gasteiger partial charge in [-0.05, 0) is 24.1 Å². The fourth-order valence-electron chi connectivity index (χ4n) is 1.56. The van der Waals surface area contributed by atoms with Gasteiger partial charge in [-0.15, -0.1) is 6.58 Å². The molecule has 0 aliphatic rings.